The molecule has 3 aromatic rings. The number of nitrogens with zero attached hydrogens (tertiary/aromatic N) is 2. The van der Waals surface area contributed by atoms with Gasteiger partial charge in [-0.1, -0.05) is 178 Å². The lowest BCUT2D eigenvalue weighted by Crippen LogP contribution is -2.37. The van der Waals surface area contributed by atoms with E-state index in [9.17, 15) is 0 Å². The van der Waals surface area contributed by atoms with Crippen molar-refractivity contribution in [2.75, 3.05) is 0 Å². The van der Waals surface area contributed by atoms with Crippen molar-refractivity contribution in [3.8, 4) is 0 Å². The Bertz CT molecular complexity index is 1080. The first kappa shape index (κ1) is 36.1. The minimum Gasteiger partial charge on any atom is -0.234 e. The molecule has 2 heteroatoms. The number of hydrogen-bond donors (Lipinski definition) is 0. The summed E-state index contributed by atoms with van der Waals surface area (Å²) in [5.74, 6) is 2.02. The third-order valence-corrected chi connectivity index (χ3v) is 9.62. The zero-order valence-corrected chi connectivity index (χ0v) is 29.1. The Morgan fingerprint density at radius 2 is 1.05 bits per heavy atom. The smallest absolute Gasteiger partial charge is 0.234 e. The molecule has 1 heterocycles. The maximum absolute atomic E-state index is 2.70. The molecule has 0 saturated carbocycles. The van der Waals surface area contributed by atoms with Crippen LogP contribution in [-0.2, 0) is 25.9 Å². The lowest BCUT2D eigenvalue weighted by Gasteiger charge is -2.12. The van der Waals surface area contributed by atoms with Crippen LogP contribution in [0.25, 0.3) is 0 Å². The van der Waals surface area contributed by atoms with Gasteiger partial charge in [0.05, 0.1) is 19.5 Å². The van der Waals surface area contributed by atoms with Crippen molar-refractivity contribution in [3.05, 3.63) is 89.5 Å². The molecule has 244 valence electrons. The van der Waals surface area contributed by atoms with Gasteiger partial charge in [0.25, 0.3) is 5.82 Å². The first-order valence-electron chi connectivity index (χ1n) is 18.9. The van der Waals surface area contributed by atoms with Gasteiger partial charge >= 0.3 is 0 Å². The summed E-state index contributed by atoms with van der Waals surface area (Å²) < 4.78 is 5.34. The Morgan fingerprint density at radius 1 is 0.568 bits per heavy atom. The van der Waals surface area contributed by atoms with Gasteiger partial charge in [0.15, 0.2) is 0 Å². The van der Waals surface area contributed by atoms with Crippen LogP contribution >= 0.6 is 0 Å². The summed E-state index contributed by atoms with van der Waals surface area (Å²) in [7, 11) is 0. The van der Waals surface area contributed by atoms with Crippen molar-refractivity contribution < 1.29 is 4.57 Å². The molecule has 1 aromatic heterocycles. The number of benzene rings is 2. The van der Waals surface area contributed by atoms with Crippen LogP contribution in [0, 0.1) is 0 Å². The second-order valence-corrected chi connectivity index (χ2v) is 13.6. The molecule has 0 fully saturated rings. The van der Waals surface area contributed by atoms with Crippen molar-refractivity contribution in [2.45, 2.75) is 175 Å². The van der Waals surface area contributed by atoms with Crippen molar-refractivity contribution in [2.24, 2.45) is 0 Å². The molecule has 2 nitrogen and oxygen atoms in total. The lowest BCUT2D eigenvalue weighted by molar-refractivity contribution is -0.704. The highest BCUT2D eigenvalue weighted by Gasteiger charge is 2.25. The van der Waals surface area contributed by atoms with Crippen LogP contribution in [0.15, 0.2) is 66.9 Å². The van der Waals surface area contributed by atoms with E-state index >= 15 is 0 Å². The summed E-state index contributed by atoms with van der Waals surface area (Å²) in [6.07, 6.45) is 31.2. The first-order chi connectivity index (χ1) is 21.7. The molecular weight excluding hydrogens is 532 g/mol. The van der Waals surface area contributed by atoms with Gasteiger partial charge < -0.3 is 0 Å². The molecule has 1 atom stereocenters. The Balaban J connectivity index is 1.48. The van der Waals surface area contributed by atoms with Crippen molar-refractivity contribution in [1.82, 2.24) is 4.57 Å². The number of rotatable bonds is 26. The Hall–Kier alpha value is -2.35. The molecule has 0 N–H and O–H groups in total. The zero-order chi connectivity index (χ0) is 31.1. The third-order valence-electron chi connectivity index (χ3n) is 9.62. The lowest BCUT2D eigenvalue weighted by atomic mass is 9.96. The first-order valence-corrected chi connectivity index (χ1v) is 18.9. The third kappa shape index (κ3) is 14.2. The van der Waals surface area contributed by atoms with Crippen molar-refractivity contribution >= 4 is 0 Å². The van der Waals surface area contributed by atoms with E-state index < -0.39 is 0 Å². The number of aryl methyl sites for hydroxylation is 1. The van der Waals surface area contributed by atoms with Gasteiger partial charge in [0, 0.05) is 6.42 Å². The van der Waals surface area contributed by atoms with E-state index in [4.69, 9.17) is 0 Å². The maximum atomic E-state index is 2.70. The summed E-state index contributed by atoms with van der Waals surface area (Å²) in [5, 5.41) is 0. The van der Waals surface area contributed by atoms with E-state index in [1.54, 1.807) is 0 Å². The van der Waals surface area contributed by atoms with Gasteiger partial charge in [0.1, 0.15) is 11.9 Å². The van der Waals surface area contributed by atoms with Crippen molar-refractivity contribution in [1.29, 1.82) is 0 Å². The van der Waals surface area contributed by atoms with Crippen LogP contribution < -0.4 is 4.57 Å². The Kier molecular flexibility index (Phi) is 18.9. The molecule has 0 aliphatic heterocycles. The van der Waals surface area contributed by atoms with Gasteiger partial charge in [-0.2, -0.15) is 0 Å². The number of imidazole rings is 1. The normalized spacial score (nSPS) is 12.2. The van der Waals surface area contributed by atoms with Crippen molar-refractivity contribution in [3.63, 3.8) is 0 Å². The van der Waals surface area contributed by atoms with E-state index in [1.165, 1.54) is 145 Å². The molecule has 44 heavy (non-hydrogen) atoms. The summed E-state index contributed by atoms with van der Waals surface area (Å²) in [6.45, 7) is 9.30. The van der Waals surface area contributed by atoms with Gasteiger partial charge in [0.2, 0.25) is 0 Å². The molecule has 0 aliphatic rings. The highest BCUT2D eigenvalue weighted by Crippen LogP contribution is 2.22. The number of aromatic nitrogens is 2. The molecule has 0 radical (unpaired) electrons. The van der Waals surface area contributed by atoms with E-state index in [0.717, 1.165) is 25.9 Å². The van der Waals surface area contributed by atoms with Gasteiger partial charge in [-0.3, -0.25) is 0 Å². The second kappa shape index (κ2) is 23.1. The molecule has 1 unspecified atom stereocenters. The quantitative estimate of drug-likeness (QED) is 0.0641. The summed E-state index contributed by atoms with van der Waals surface area (Å²) in [6, 6.07) is 22.2. The van der Waals surface area contributed by atoms with Gasteiger partial charge in [-0.25, -0.2) is 9.13 Å². The molecule has 0 saturated heterocycles. The zero-order valence-electron chi connectivity index (χ0n) is 29.1. The number of hydrogen-bond acceptors (Lipinski definition) is 0. The van der Waals surface area contributed by atoms with Crippen LogP contribution in [0.3, 0.4) is 0 Å². The number of unbranched alkanes of at least 4 members (excludes halogenated alkanes) is 17. The molecule has 0 spiro atoms. The molecule has 0 aliphatic carbocycles. The standard InChI is InChI=1S/C42H67N2/c1-4-6-8-9-10-11-12-13-14-15-16-17-18-19-20-28-33-43-37-41(35-38(3)40-31-25-22-26-32-40)44(34-27-7-5-2)42(43)36-39-29-23-21-24-30-39/h21-26,29-32,37-38H,4-20,27-28,33-36H2,1-3H3/q+1. The van der Waals surface area contributed by atoms with Gasteiger partial charge in [-0.05, 0) is 42.7 Å². The highest BCUT2D eigenvalue weighted by atomic mass is 15.2. The minimum atomic E-state index is 0.518. The predicted molar refractivity (Wildman–Crippen MR) is 192 cm³/mol. The average Bonchev–Trinajstić information content (AvgIpc) is 3.36. The predicted octanol–water partition coefficient (Wildman–Crippen LogP) is 12.2. The SMILES string of the molecule is CCCCCCCCCCCCCCCCCC[n+]1cc(CC(C)c2ccccc2)n(CCCCC)c1Cc1ccccc1. The molecule has 0 bridgehead atoms. The minimum absolute atomic E-state index is 0.518. The summed E-state index contributed by atoms with van der Waals surface area (Å²) >= 11 is 0. The van der Waals surface area contributed by atoms with Crippen LogP contribution in [-0.4, -0.2) is 4.57 Å². The van der Waals surface area contributed by atoms with E-state index in [0.29, 0.717) is 5.92 Å². The molecule has 3 rings (SSSR count). The van der Waals surface area contributed by atoms with E-state index in [2.05, 4.69) is 96.8 Å². The van der Waals surface area contributed by atoms with Crippen LogP contribution in [0.4, 0.5) is 0 Å². The fraction of sp³-hybridized carbons (Fsp3) is 0.643. The monoisotopic (exact) mass is 600 g/mol. The maximum Gasteiger partial charge on any atom is 0.261 e. The van der Waals surface area contributed by atoms with E-state index in [1.807, 2.05) is 0 Å². The van der Waals surface area contributed by atoms with Crippen LogP contribution in [0.1, 0.15) is 171 Å². The van der Waals surface area contributed by atoms with Crippen LogP contribution in [0.5, 0.6) is 0 Å². The Labute approximate surface area is 272 Å². The van der Waals surface area contributed by atoms with Gasteiger partial charge in [-0.15, -0.1) is 0 Å². The highest BCUT2D eigenvalue weighted by molar-refractivity contribution is 5.22. The summed E-state index contributed by atoms with van der Waals surface area (Å²) in [4.78, 5) is 0. The average molecular weight is 600 g/mol. The fourth-order valence-corrected chi connectivity index (χ4v) is 6.81. The molecular formula is C42H67N2+. The van der Waals surface area contributed by atoms with E-state index in [-0.39, 0.29) is 0 Å². The Morgan fingerprint density at radius 3 is 1.59 bits per heavy atom. The summed E-state index contributed by atoms with van der Waals surface area (Å²) in [5.41, 5.74) is 4.38. The fourth-order valence-electron chi connectivity index (χ4n) is 6.81. The second-order valence-electron chi connectivity index (χ2n) is 13.6. The molecule has 2 aromatic carbocycles. The molecule has 0 amide bonds. The topological polar surface area (TPSA) is 8.81 Å². The largest absolute Gasteiger partial charge is 0.261 e. The van der Waals surface area contributed by atoms with Crippen LogP contribution in [0.2, 0.25) is 0 Å².